The van der Waals surface area contributed by atoms with Crippen LogP contribution in [0.3, 0.4) is 0 Å². The molecular formula is C21H17N3O5. The number of nitrogens with zero attached hydrogens (tertiary/aromatic N) is 1. The van der Waals surface area contributed by atoms with Gasteiger partial charge < -0.3 is 14.8 Å². The molecule has 2 aromatic carbocycles. The van der Waals surface area contributed by atoms with Gasteiger partial charge in [-0.3, -0.25) is 9.59 Å². The second-order valence-electron chi connectivity index (χ2n) is 6.01. The molecule has 0 fully saturated rings. The maximum Gasteiger partial charge on any atom is 0.336 e. The number of amides is 2. The largest absolute Gasteiger partial charge is 0.478 e. The third-order valence-electron chi connectivity index (χ3n) is 3.88. The van der Waals surface area contributed by atoms with Gasteiger partial charge in [0.1, 0.15) is 11.5 Å². The monoisotopic (exact) mass is 391 g/mol. The highest BCUT2D eigenvalue weighted by atomic mass is 16.4. The lowest BCUT2D eigenvalue weighted by Gasteiger charge is -2.03. The Morgan fingerprint density at radius 3 is 2.41 bits per heavy atom. The summed E-state index contributed by atoms with van der Waals surface area (Å²) in [6.07, 6.45) is 1.32. The van der Waals surface area contributed by atoms with Crippen LogP contribution in [0.1, 0.15) is 33.4 Å². The first-order valence-corrected chi connectivity index (χ1v) is 8.57. The second kappa shape index (κ2) is 8.66. The van der Waals surface area contributed by atoms with Gasteiger partial charge >= 0.3 is 5.97 Å². The number of anilines is 1. The lowest BCUT2D eigenvalue weighted by atomic mass is 10.1. The van der Waals surface area contributed by atoms with Crippen LogP contribution in [0.5, 0.6) is 0 Å². The smallest absolute Gasteiger partial charge is 0.336 e. The molecule has 1 heterocycles. The van der Waals surface area contributed by atoms with Crippen molar-refractivity contribution in [1.82, 2.24) is 5.43 Å². The van der Waals surface area contributed by atoms with E-state index in [4.69, 9.17) is 4.42 Å². The van der Waals surface area contributed by atoms with Crippen molar-refractivity contribution in [2.45, 2.75) is 6.92 Å². The van der Waals surface area contributed by atoms with Crippen LogP contribution in [-0.2, 0) is 4.79 Å². The van der Waals surface area contributed by atoms with E-state index < -0.39 is 11.9 Å². The molecule has 8 nitrogen and oxygen atoms in total. The van der Waals surface area contributed by atoms with Gasteiger partial charge in [0.15, 0.2) is 0 Å². The third kappa shape index (κ3) is 4.95. The van der Waals surface area contributed by atoms with Crippen LogP contribution in [0, 0.1) is 0 Å². The second-order valence-corrected chi connectivity index (χ2v) is 6.01. The van der Waals surface area contributed by atoms with E-state index in [0.717, 1.165) is 0 Å². The average molecular weight is 391 g/mol. The summed E-state index contributed by atoms with van der Waals surface area (Å²) in [6, 6.07) is 16.1. The van der Waals surface area contributed by atoms with Crippen molar-refractivity contribution < 1.29 is 23.9 Å². The molecule has 0 saturated carbocycles. The van der Waals surface area contributed by atoms with Gasteiger partial charge in [0.25, 0.3) is 5.91 Å². The van der Waals surface area contributed by atoms with Gasteiger partial charge in [0.2, 0.25) is 5.91 Å². The van der Waals surface area contributed by atoms with E-state index in [1.807, 2.05) is 0 Å². The zero-order valence-electron chi connectivity index (χ0n) is 15.4. The highest BCUT2D eigenvalue weighted by Crippen LogP contribution is 2.25. The Balaban J connectivity index is 1.65. The number of hydrogen-bond acceptors (Lipinski definition) is 5. The Kier molecular flexibility index (Phi) is 5.84. The summed E-state index contributed by atoms with van der Waals surface area (Å²) < 4.78 is 5.60. The molecule has 0 spiro atoms. The average Bonchev–Trinajstić information content (AvgIpc) is 3.16. The lowest BCUT2D eigenvalue weighted by Crippen LogP contribution is -2.17. The van der Waals surface area contributed by atoms with Crippen LogP contribution in [0.15, 0.2) is 70.2 Å². The number of carbonyl (C=O) groups excluding carboxylic acids is 2. The minimum atomic E-state index is -1.05. The number of carboxylic acid groups (broad SMARTS) is 1. The molecule has 0 atom stereocenters. The summed E-state index contributed by atoms with van der Waals surface area (Å²) in [4.78, 5) is 34.4. The molecule has 29 heavy (non-hydrogen) atoms. The van der Waals surface area contributed by atoms with Crippen LogP contribution in [0.25, 0.3) is 11.3 Å². The summed E-state index contributed by atoms with van der Waals surface area (Å²) in [5, 5.41) is 15.7. The predicted molar refractivity (Wildman–Crippen MR) is 107 cm³/mol. The van der Waals surface area contributed by atoms with Crippen LogP contribution in [0.4, 0.5) is 5.69 Å². The van der Waals surface area contributed by atoms with Crippen LogP contribution in [0.2, 0.25) is 0 Å². The van der Waals surface area contributed by atoms with E-state index in [2.05, 4.69) is 15.8 Å². The zero-order chi connectivity index (χ0) is 20.8. The fraction of sp³-hybridized carbons (Fsp3) is 0.0476. The Hall–Kier alpha value is -4.20. The van der Waals surface area contributed by atoms with Gasteiger partial charge in [0, 0.05) is 23.7 Å². The summed E-state index contributed by atoms with van der Waals surface area (Å²) >= 11 is 0. The Morgan fingerprint density at radius 2 is 1.72 bits per heavy atom. The van der Waals surface area contributed by atoms with Crippen molar-refractivity contribution >= 4 is 29.7 Å². The number of hydrogen-bond donors (Lipinski definition) is 3. The summed E-state index contributed by atoms with van der Waals surface area (Å²) in [5.41, 5.74) is 3.90. The number of furan rings is 1. The Bertz CT molecular complexity index is 1080. The topological polar surface area (TPSA) is 121 Å². The first-order chi connectivity index (χ1) is 13.9. The molecule has 0 unspecified atom stereocenters. The normalized spacial score (nSPS) is 10.7. The number of aromatic carboxylic acids is 1. The van der Waals surface area contributed by atoms with E-state index in [-0.39, 0.29) is 11.5 Å². The van der Waals surface area contributed by atoms with Crippen molar-refractivity contribution in [2.75, 3.05) is 5.32 Å². The lowest BCUT2D eigenvalue weighted by molar-refractivity contribution is -0.114. The van der Waals surface area contributed by atoms with Crippen LogP contribution < -0.4 is 10.7 Å². The molecule has 0 saturated heterocycles. The first kappa shape index (κ1) is 19.6. The molecule has 0 aliphatic rings. The fourth-order valence-corrected chi connectivity index (χ4v) is 2.58. The van der Waals surface area contributed by atoms with Gasteiger partial charge in [-0.25, -0.2) is 10.2 Å². The summed E-state index contributed by atoms with van der Waals surface area (Å²) in [7, 11) is 0. The quantitative estimate of drug-likeness (QED) is 0.439. The van der Waals surface area contributed by atoms with E-state index in [9.17, 15) is 19.5 Å². The molecule has 146 valence electrons. The molecule has 0 bridgehead atoms. The van der Waals surface area contributed by atoms with E-state index >= 15 is 0 Å². The number of carbonyl (C=O) groups is 3. The van der Waals surface area contributed by atoms with Crippen LogP contribution in [-0.4, -0.2) is 29.1 Å². The molecule has 2 amide bonds. The van der Waals surface area contributed by atoms with Gasteiger partial charge in [-0.2, -0.15) is 5.10 Å². The standard InChI is InChI=1S/C21H17N3O5/c1-13(25)23-15-8-6-14(7-9-15)20(26)24-22-12-16-10-11-19(29-16)17-4-2-3-5-18(17)21(27)28/h2-12H,1H3,(H,23,25)(H,24,26)(H,27,28). The van der Waals surface area contributed by atoms with E-state index in [1.54, 1.807) is 54.6 Å². The minimum Gasteiger partial charge on any atom is -0.478 e. The van der Waals surface area contributed by atoms with E-state index in [1.165, 1.54) is 19.2 Å². The summed E-state index contributed by atoms with van der Waals surface area (Å²) in [5.74, 6) is -0.955. The molecule has 3 N–H and O–H groups in total. The first-order valence-electron chi connectivity index (χ1n) is 8.57. The predicted octanol–water partition coefficient (Wildman–Crippen LogP) is 3.37. The maximum absolute atomic E-state index is 12.1. The number of hydrazone groups is 1. The minimum absolute atomic E-state index is 0.126. The number of rotatable bonds is 6. The molecule has 1 aromatic heterocycles. The number of nitrogens with one attached hydrogen (secondary N) is 2. The molecule has 3 aromatic rings. The Morgan fingerprint density at radius 1 is 1.00 bits per heavy atom. The highest BCUT2D eigenvalue weighted by molar-refractivity contribution is 5.96. The van der Waals surface area contributed by atoms with Gasteiger partial charge in [0.05, 0.1) is 11.8 Å². The molecule has 3 rings (SSSR count). The summed E-state index contributed by atoms with van der Waals surface area (Å²) in [6.45, 7) is 1.40. The van der Waals surface area contributed by atoms with Crippen molar-refractivity contribution in [3.63, 3.8) is 0 Å². The van der Waals surface area contributed by atoms with Crippen molar-refractivity contribution in [3.05, 3.63) is 77.6 Å². The molecule has 0 aliphatic heterocycles. The zero-order valence-corrected chi connectivity index (χ0v) is 15.4. The molecule has 8 heteroatoms. The number of carboxylic acids is 1. The Labute approximate surface area is 165 Å². The van der Waals surface area contributed by atoms with Gasteiger partial charge in [-0.05, 0) is 42.5 Å². The van der Waals surface area contributed by atoms with Crippen molar-refractivity contribution in [3.8, 4) is 11.3 Å². The molecule has 0 aliphatic carbocycles. The third-order valence-corrected chi connectivity index (χ3v) is 3.88. The number of benzene rings is 2. The fourth-order valence-electron chi connectivity index (χ4n) is 2.58. The van der Waals surface area contributed by atoms with Crippen molar-refractivity contribution in [1.29, 1.82) is 0 Å². The van der Waals surface area contributed by atoms with Gasteiger partial charge in [-0.1, -0.05) is 18.2 Å². The molecule has 0 radical (unpaired) electrons. The van der Waals surface area contributed by atoms with Gasteiger partial charge in [-0.15, -0.1) is 0 Å². The maximum atomic E-state index is 12.1. The van der Waals surface area contributed by atoms with Crippen LogP contribution >= 0.6 is 0 Å². The van der Waals surface area contributed by atoms with Crippen molar-refractivity contribution in [2.24, 2.45) is 5.10 Å². The molecular weight excluding hydrogens is 374 g/mol. The SMILES string of the molecule is CC(=O)Nc1ccc(C(=O)NN=Cc2ccc(-c3ccccc3C(=O)O)o2)cc1. The van der Waals surface area contributed by atoms with E-state index in [0.29, 0.717) is 28.3 Å². The highest BCUT2D eigenvalue weighted by Gasteiger charge is 2.13.